The van der Waals surface area contributed by atoms with Crippen LogP contribution in [0.5, 0.6) is 0 Å². The fraction of sp³-hybridized carbons (Fsp3) is 0.300. The summed E-state index contributed by atoms with van der Waals surface area (Å²) >= 11 is 0. The summed E-state index contributed by atoms with van der Waals surface area (Å²) in [6.07, 6.45) is 0. The zero-order valence-corrected chi connectivity index (χ0v) is 9.64. The number of rotatable bonds is 1. The normalized spacial score (nSPS) is 17.7. The molecule has 1 fully saturated rings. The monoisotopic (exact) mass is 240 g/mol. The number of carbonyl (C=O) groups excluding carboxylic acids is 1. The average molecular weight is 240 g/mol. The van der Waals surface area contributed by atoms with E-state index in [-0.39, 0.29) is 12.3 Å². The Morgan fingerprint density at radius 3 is 2.38 bits per heavy atom. The Kier molecular flexibility index (Phi) is 2.59. The fourth-order valence-electron chi connectivity index (χ4n) is 1.48. The van der Waals surface area contributed by atoms with Crippen LogP contribution in [0.3, 0.4) is 0 Å². The summed E-state index contributed by atoms with van der Waals surface area (Å²) in [6, 6.07) is 8.43. The lowest BCUT2D eigenvalue weighted by Gasteiger charge is -2.33. The summed E-state index contributed by atoms with van der Waals surface area (Å²) < 4.78 is 23.4. The number of benzene rings is 1. The van der Waals surface area contributed by atoms with Crippen LogP contribution in [0, 0.1) is 0 Å². The Morgan fingerprint density at radius 1 is 1.31 bits per heavy atom. The molecule has 2 amide bonds. The molecule has 0 aliphatic carbocycles. The number of hydrogen-bond acceptors (Lipinski definition) is 3. The number of para-hydroxylation sites is 1. The van der Waals surface area contributed by atoms with Crippen molar-refractivity contribution < 1.29 is 13.2 Å². The molecule has 1 saturated heterocycles. The molecular formula is C10H12N2O3S. The van der Waals surface area contributed by atoms with Gasteiger partial charge in [-0.1, -0.05) is 18.2 Å². The predicted molar refractivity (Wildman–Crippen MR) is 60.7 cm³/mol. The molecule has 0 N–H and O–H groups in total. The van der Waals surface area contributed by atoms with Crippen LogP contribution in [0.1, 0.15) is 0 Å². The molecule has 1 aliphatic rings. The Morgan fingerprint density at radius 2 is 1.94 bits per heavy atom. The lowest BCUT2D eigenvalue weighted by molar-refractivity contribution is 0.228. The number of sulfonamides is 1. The first kappa shape index (κ1) is 10.9. The van der Waals surface area contributed by atoms with E-state index in [0.29, 0.717) is 5.69 Å². The smallest absolute Gasteiger partial charge is 0.297 e. The summed E-state index contributed by atoms with van der Waals surface area (Å²) in [5.41, 5.74) is 0.676. The summed E-state index contributed by atoms with van der Waals surface area (Å²) in [5.74, 6) is 0.0569. The molecule has 0 bridgehead atoms. The van der Waals surface area contributed by atoms with Crippen LogP contribution in [0.15, 0.2) is 30.3 Å². The second-order valence-corrected chi connectivity index (χ2v) is 5.58. The van der Waals surface area contributed by atoms with E-state index < -0.39 is 16.1 Å². The van der Waals surface area contributed by atoms with E-state index >= 15 is 0 Å². The van der Waals surface area contributed by atoms with Gasteiger partial charge in [0.1, 0.15) is 0 Å². The SMILES string of the molecule is CN(C(=O)N1CCS1(=O)=O)c1ccccc1. The van der Waals surface area contributed by atoms with E-state index in [9.17, 15) is 13.2 Å². The Balaban J connectivity index is 2.18. The van der Waals surface area contributed by atoms with Gasteiger partial charge in [0.05, 0.1) is 12.3 Å². The summed E-state index contributed by atoms with van der Waals surface area (Å²) in [6.45, 7) is 0.276. The van der Waals surface area contributed by atoms with Crippen molar-refractivity contribution in [3.8, 4) is 0 Å². The molecule has 0 radical (unpaired) electrons. The van der Waals surface area contributed by atoms with Gasteiger partial charge in [-0.2, -0.15) is 0 Å². The zero-order chi connectivity index (χ0) is 11.8. The van der Waals surface area contributed by atoms with Gasteiger partial charge in [0.15, 0.2) is 0 Å². The topological polar surface area (TPSA) is 57.7 Å². The molecule has 0 atom stereocenters. The molecule has 1 aromatic rings. The van der Waals surface area contributed by atoms with Crippen LogP contribution < -0.4 is 4.90 Å². The fourth-order valence-corrected chi connectivity index (χ4v) is 2.50. The maximum Gasteiger partial charge on any atom is 0.337 e. The molecule has 0 aromatic heterocycles. The number of carbonyl (C=O) groups is 1. The minimum Gasteiger partial charge on any atom is -0.297 e. The van der Waals surface area contributed by atoms with Crippen molar-refractivity contribution in [1.82, 2.24) is 4.31 Å². The van der Waals surface area contributed by atoms with Crippen molar-refractivity contribution in [3.05, 3.63) is 30.3 Å². The average Bonchev–Trinajstić information content (AvgIpc) is 2.28. The second kappa shape index (κ2) is 3.79. The van der Waals surface area contributed by atoms with Gasteiger partial charge in [0.2, 0.25) is 10.0 Å². The van der Waals surface area contributed by atoms with E-state index in [2.05, 4.69) is 0 Å². The second-order valence-electron chi connectivity index (χ2n) is 3.57. The van der Waals surface area contributed by atoms with Crippen molar-refractivity contribution in [2.45, 2.75) is 0 Å². The van der Waals surface area contributed by atoms with E-state index in [1.165, 1.54) is 4.90 Å². The molecule has 16 heavy (non-hydrogen) atoms. The Bertz CT molecular complexity index is 498. The first-order valence-corrected chi connectivity index (χ1v) is 6.46. The summed E-state index contributed by atoms with van der Waals surface area (Å²) in [7, 11) is -1.77. The zero-order valence-electron chi connectivity index (χ0n) is 8.83. The highest BCUT2D eigenvalue weighted by atomic mass is 32.2. The summed E-state index contributed by atoms with van der Waals surface area (Å²) in [5, 5.41) is 0. The van der Waals surface area contributed by atoms with Gasteiger partial charge in [-0.3, -0.25) is 4.90 Å². The van der Waals surface area contributed by atoms with Gasteiger partial charge in [-0.25, -0.2) is 17.5 Å². The molecule has 2 rings (SSSR count). The van der Waals surface area contributed by atoms with Crippen LogP contribution in [0.4, 0.5) is 10.5 Å². The lowest BCUT2D eigenvalue weighted by Crippen LogP contribution is -2.55. The van der Waals surface area contributed by atoms with Crippen LogP contribution in [0.2, 0.25) is 0 Å². The van der Waals surface area contributed by atoms with E-state index in [1.54, 1.807) is 31.3 Å². The number of urea groups is 1. The molecule has 6 heteroatoms. The molecule has 1 aromatic carbocycles. The molecule has 0 spiro atoms. The van der Waals surface area contributed by atoms with Gasteiger partial charge in [0.25, 0.3) is 0 Å². The molecular weight excluding hydrogens is 228 g/mol. The Hall–Kier alpha value is -1.56. The third-order valence-corrected chi connectivity index (χ3v) is 4.24. The lowest BCUT2D eigenvalue weighted by atomic mass is 10.3. The van der Waals surface area contributed by atoms with Crippen LogP contribution in [-0.2, 0) is 10.0 Å². The van der Waals surface area contributed by atoms with Crippen molar-refractivity contribution in [1.29, 1.82) is 0 Å². The maximum absolute atomic E-state index is 11.8. The Labute approximate surface area is 94.3 Å². The van der Waals surface area contributed by atoms with Gasteiger partial charge in [-0.05, 0) is 12.1 Å². The molecule has 86 valence electrons. The molecule has 0 unspecified atom stereocenters. The van der Waals surface area contributed by atoms with Crippen molar-refractivity contribution in [2.24, 2.45) is 0 Å². The number of anilines is 1. The minimum atomic E-state index is -3.33. The van der Waals surface area contributed by atoms with Gasteiger partial charge in [-0.15, -0.1) is 0 Å². The first-order chi connectivity index (χ1) is 7.52. The van der Waals surface area contributed by atoms with Crippen molar-refractivity contribution >= 4 is 21.7 Å². The molecule has 5 nitrogen and oxygen atoms in total. The third kappa shape index (κ3) is 1.76. The van der Waals surface area contributed by atoms with Gasteiger partial charge >= 0.3 is 6.03 Å². The number of hydrogen-bond donors (Lipinski definition) is 0. The molecule has 1 aliphatic heterocycles. The highest BCUT2D eigenvalue weighted by molar-refractivity contribution is 7.90. The largest absolute Gasteiger partial charge is 0.337 e. The van der Waals surface area contributed by atoms with Crippen LogP contribution in [0.25, 0.3) is 0 Å². The van der Waals surface area contributed by atoms with E-state index in [4.69, 9.17) is 0 Å². The van der Waals surface area contributed by atoms with Gasteiger partial charge < -0.3 is 0 Å². The van der Waals surface area contributed by atoms with Gasteiger partial charge in [0, 0.05) is 12.7 Å². The van der Waals surface area contributed by atoms with Crippen molar-refractivity contribution in [3.63, 3.8) is 0 Å². The van der Waals surface area contributed by atoms with Crippen molar-refractivity contribution in [2.75, 3.05) is 24.2 Å². The van der Waals surface area contributed by atoms with Crippen LogP contribution >= 0.6 is 0 Å². The van der Waals surface area contributed by atoms with E-state index in [0.717, 1.165) is 4.31 Å². The summed E-state index contributed by atoms with van der Waals surface area (Å²) in [4.78, 5) is 13.1. The predicted octanol–water partition coefficient (Wildman–Crippen LogP) is 0.888. The maximum atomic E-state index is 11.8. The molecule has 1 heterocycles. The number of amides is 2. The quantitative estimate of drug-likeness (QED) is 0.732. The molecule has 0 saturated carbocycles. The third-order valence-electron chi connectivity index (χ3n) is 2.53. The minimum absolute atomic E-state index is 0.0569. The van der Waals surface area contributed by atoms with Crippen LogP contribution in [-0.4, -0.2) is 38.1 Å². The number of nitrogens with zero attached hydrogens (tertiary/aromatic N) is 2. The highest BCUT2D eigenvalue weighted by Gasteiger charge is 2.38. The van der Waals surface area contributed by atoms with E-state index in [1.807, 2.05) is 6.07 Å². The highest BCUT2D eigenvalue weighted by Crippen LogP contribution is 2.19. The first-order valence-electron chi connectivity index (χ1n) is 4.85. The standard InChI is InChI=1S/C10H12N2O3S/c1-11(9-5-3-2-4-6-9)10(13)12-7-8-16(12,14)15/h2-6H,7-8H2,1H3.